The maximum atomic E-state index is 13.5. The van der Waals surface area contributed by atoms with Crippen LogP contribution in [0.5, 0.6) is 5.75 Å². The third-order valence-corrected chi connectivity index (χ3v) is 7.16. The number of carboxylic acid groups (broad SMARTS) is 1. The number of alkyl halides is 6. The summed E-state index contributed by atoms with van der Waals surface area (Å²) < 4.78 is 85.2. The number of amides is 2. The van der Waals surface area contributed by atoms with Crippen molar-refractivity contribution in [2.24, 2.45) is 22.7 Å². The van der Waals surface area contributed by atoms with Crippen LogP contribution in [0.3, 0.4) is 0 Å². The van der Waals surface area contributed by atoms with Gasteiger partial charge in [0, 0.05) is 17.5 Å². The Morgan fingerprint density at radius 2 is 1.79 bits per heavy atom. The predicted octanol–water partition coefficient (Wildman–Crippen LogP) is 5.41. The highest BCUT2D eigenvalue weighted by Gasteiger charge is 2.42. The van der Waals surface area contributed by atoms with Crippen LogP contribution in [0.25, 0.3) is 0 Å². The van der Waals surface area contributed by atoms with E-state index < -0.39 is 66.5 Å². The molecule has 1 fully saturated rings. The number of nitrogens with one attached hydrogen (secondary N) is 2. The van der Waals surface area contributed by atoms with E-state index in [0.717, 1.165) is 18.2 Å². The molecule has 1 heterocycles. The molecule has 3 atom stereocenters. The number of fused-ring (bicyclic) bond motifs is 1. The molecule has 42 heavy (non-hydrogen) atoms. The lowest BCUT2D eigenvalue weighted by atomic mass is 9.83. The minimum Gasteiger partial charge on any atom is -0.495 e. The first-order chi connectivity index (χ1) is 19.7. The molecular weight excluding hydrogens is 572 g/mol. The van der Waals surface area contributed by atoms with Gasteiger partial charge in [0.1, 0.15) is 5.75 Å². The van der Waals surface area contributed by atoms with Crippen molar-refractivity contribution in [3.8, 4) is 5.75 Å². The Kier molecular flexibility index (Phi) is 8.83. The summed E-state index contributed by atoms with van der Waals surface area (Å²) >= 11 is 0. The number of benzene rings is 2. The lowest BCUT2D eigenvalue weighted by Crippen LogP contribution is -2.47. The third-order valence-electron chi connectivity index (χ3n) is 7.16. The number of halogens is 6. The van der Waals surface area contributed by atoms with Crippen LogP contribution in [0.2, 0.25) is 0 Å². The third kappa shape index (κ3) is 7.39. The highest BCUT2D eigenvalue weighted by molar-refractivity contribution is 6.20. The molecule has 0 spiro atoms. The number of nitrogens with zero attached hydrogens (tertiary/aromatic N) is 1. The zero-order valence-corrected chi connectivity index (χ0v) is 22.2. The van der Waals surface area contributed by atoms with Gasteiger partial charge in [-0.15, -0.1) is 0 Å². The Morgan fingerprint density at radius 1 is 1.10 bits per heavy atom. The standard InChI is InChI=1S/C28H27F6N3O5/c1-42-20-7-3-6-18-21(15-4-2-5-16(13-15)28(32,33)34)35-23(25(39)36-22(18)20)37-24(38)17(10-11-27(29,30)31)19(26(40)41)12-14-8-9-14/h2-7,13-14,17,19,23H,8-12H2,1H3,(H,36,39)(H,37,38)(H,40,41)/t17-,19+,23-/m1/s1. The van der Waals surface area contributed by atoms with Crippen molar-refractivity contribution >= 4 is 29.2 Å². The van der Waals surface area contributed by atoms with E-state index in [1.54, 1.807) is 0 Å². The van der Waals surface area contributed by atoms with E-state index in [0.29, 0.717) is 12.8 Å². The van der Waals surface area contributed by atoms with Gasteiger partial charge < -0.3 is 20.5 Å². The molecule has 0 bridgehead atoms. The SMILES string of the molecule is COc1cccc2c1NC(=O)[C@@H](NC(=O)[C@H](CCC(F)(F)F)[C@H](CC1CC1)C(=O)O)N=C2c1cccc(C(F)(F)F)c1. The van der Waals surface area contributed by atoms with Crippen molar-refractivity contribution in [3.63, 3.8) is 0 Å². The second-order valence-corrected chi connectivity index (χ2v) is 10.2. The van der Waals surface area contributed by atoms with Gasteiger partial charge in [0.25, 0.3) is 5.91 Å². The molecule has 0 saturated heterocycles. The summed E-state index contributed by atoms with van der Waals surface area (Å²) in [6, 6.07) is 8.54. The van der Waals surface area contributed by atoms with E-state index in [1.807, 2.05) is 0 Å². The van der Waals surface area contributed by atoms with Crippen molar-refractivity contribution in [2.45, 2.75) is 50.6 Å². The zero-order chi connectivity index (χ0) is 30.8. The van der Waals surface area contributed by atoms with Gasteiger partial charge in [-0.05, 0) is 37.0 Å². The van der Waals surface area contributed by atoms with Gasteiger partial charge in [-0.1, -0.05) is 37.1 Å². The van der Waals surface area contributed by atoms with Crippen LogP contribution in [0, 0.1) is 17.8 Å². The van der Waals surface area contributed by atoms with Crippen molar-refractivity contribution in [3.05, 3.63) is 59.2 Å². The first kappa shape index (κ1) is 30.8. The number of rotatable bonds is 10. The van der Waals surface area contributed by atoms with E-state index in [1.165, 1.54) is 31.4 Å². The summed E-state index contributed by atoms with van der Waals surface area (Å²) in [4.78, 5) is 42.9. The number of aliphatic imine (C=N–C) groups is 1. The molecule has 2 aliphatic rings. The number of anilines is 1. The monoisotopic (exact) mass is 599 g/mol. The summed E-state index contributed by atoms with van der Waals surface area (Å²) in [5.74, 6) is -6.55. The minimum absolute atomic E-state index is 0.0104. The molecule has 2 aromatic carbocycles. The molecule has 2 aromatic rings. The van der Waals surface area contributed by atoms with Gasteiger partial charge in [0.05, 0.1) is 35.9 Å². The Balaban J connectivity index is 1.75. The minimum atomic E-state index is -4.71. The number of carboxylic acids is 1. The Labute approximate surface area is 236 Å². The fourth-order valence-electron chi connectivity index (χ4n) is 4.87. The second kappa shape index (κ2) is 12.0. The predicted molar refractivity (Wildman–Crippen MR) is 138 cm³/mol. The molecule has 8 nitrogen and oxygen atoms in total. The fraction of sp³-hybridized carbons (Fsp3) is 0.429. The number of carbonyl (C=O) groups is 3. The largest absolute Gasteiger partial charge is 0.495 e. The molecule has 14 heteroatoms. The highest BCUT2D eigenvalue weighted by Crippen LogP contribution is 2.40. The van der Waals surface area contributed by atoms with Crippen molar-refractivity contribution in [1.29, 1.82) is 0 Å². The number of methoxy groups -OCH3 is 1. The number of aliphatic carboxylic acids is 1. The molecule has 0 aromatic heterocycles. The van der Waals surface area contributed by atoms with Crippen LogP contribution in [0.1, 0.15) is 48.8 Å². The molecule has 226 valence electrons. The molecule has 1 aliphatic carbocycles. The number of carbonyl (C=O) groups excluding carboxylic acids is 2. The number of benzodiazepines with no additional fused rings is 1. The Bertz CT molecular complexity index is 1390. The van der Waals surface area contributed by atoms with Gasteiger partial charge in [-0.2, -0.15) is 26.3 Å². The maximum Gasteiger partial charge on any atom is 0.416 e. The summed E-state index contributed by atoms with van der Waals surface area (Å²) in [7, 11) is 1.30. The van der Waals surface area contributed by atoms with Crippen molar-refractivity contribution in [1.82, 2.24) is 5.32 Å². The topological polar surface area (TPSA) is 117 Å². The zero-order valence-electron chi connectivity index (χ0n) is 22.2. The molecule has 4 rings (SSSR count). The van der Waals surface area contributed by atoms with E-state index in [9.17, 15) is 45.8 Å². The smallest absolute Gasteiger partial charge is 0.416 e. The van der Waals surface area contributed by atoms with Crippen LogP contribution in [0.15, 0.2) is 47.5 Å². The summed E-state index contributed by atoms with van der Waals surface area (Å²) in [6.45, 7) is 0. The van der Waals surface area contributed by atoms with Crippen LogP contribution in [-0.2, 0) is 20.6 Å². The lowest BCUT2D eigenvalue weighted by Gasteiger charge is -2.25. The summed E-state index contributed by atoms with van der Waals surface area (Å²) in [6.07, 6.45) is -12.1. The van der Waals surface area contributed by atoms with Crippen LogP contribution in [0.4, 0.5) is 32.0 Å². The van der Waals surface area contributed by atoms with Crippen LogP contribution < -0.4 is 15.4 Å². The summed E-state index contributed by atoms with van der Waals surface area (Å²) in [5.41, 5.74) is -1.01. The van der Waals surface area contributed by atoms with Gasteiger partial charge in [-0.3, -0.25) is 14.4 Å². The average Bonchev–Trinajstić information content (AvgIpc) is 3.74. The van der Waals surface area contributed by atoms with Crippen LogP contribution in [-0.4, -0.2) is 48.1 Å². The van der Waals surface area contributed by atoms with Gasteiger partial charge in [0.2, 0.25) is 12.1 Å². The van der Waals surface area contributed by atoms with E-state index in [-0.39, 0.29) is 40.6 Å². The van der Waals surface area contributed by atoms with Crippen molar-refractivity contribution in [2.75, 3.05) is 12.4 Å². The maximum absolute atomic E-state index is 13.5. The van der Waals surface area contributed by atoms with Crippen molar-refractivity contribution < 1.29 is 50.6 Å². The highest BCUT2D eigenvalue weighted by atomic mass is 19.4. The van der Waals surface area contributed by atoms with Crippen LogP contribution >= 0.6 is 0 Å². The fourth-order valence-corrected chi connectivity index (χ4v) is 4.87. The van der Waals surface area contributed by atoms with E-state index in [2.05, 4.69) is 15.6 Å². The van der Waals surface area contributed by atoms with E-state index >= 15 is 0 Å². The van der Waals surface area contributed by atoms with Gasteiger partial charge in [-0.25, -0.2) is 4.99 Å². The molecule has 3 N–H and O–H groups in total. The Hall–Kier alpha value is -4.10. The first-order valence-electron chi connectivity index (χ1n) is 13.0. The number of hydrogen-bond acceptors (Lipinski definition) is 5. The molecule has 0 radical (unpaired) electrons. The molecule has 0 unspecified atom stereocenters. The van der Waals surface area contributed by atoms with Gasteiger partial charge in [0.15, 0.2) is 0 Å². The molecular formula is C28H27F6N3O5. The van der Waals surface area contributed by atoms with Gasteiger partial charge >= 0.3 is 18.3 Å². The average molecular weight is 600 g/mol. The first-order valence-corrected chi connectivity index (χ1v) is 13.0. The van der Waals surface area contributed by atoms with E-state index in [4.69, 9.17) is 4.74 Å². The number of ether oxygens (including phenoxy) is 1. The second-order valence-electron chi connectivity index (χ2n) is 10.2. The molecule has 2 amide bonds. The quantitative estimate of drug-likeness (QED) is 0.316. The summed E-state index contributed by atoms with van der Waals surface area (Å²) in [5, 5.41) is 14.6. The Morgan fingerprint density at radius 3 is 2.38 bits per heavy atom. The number of hydrogen-bond donors (Lipinski definition) is 3. The number of para-hydroxylation sites is 1. The lowest BCUT2D eigenvalue weighted by molar-refractivity contribution is -0.154. The molecule has 1 saturated carbocycles. The molecule has 1 aliphatic heterocycles. The normalized spacial score (nSPS) is 18.6.